The Bertz CT molecular complexity index is 746. The Balaban J connectivity index is 1.65. The summed E-state index contributed by atoms with van der Waals surface area (Å²) in [6.07, 6.45) is 5.52. The van der Waals surface area contributed by atoms with Crippen molar-refractivity contribution in [2.45, 2.75) is 39.0 Å². The van der Waals surface area contributed by atoms with E-state index in [9.17, 15) is 9.59 Å². The highest BCUT2D eigenvalue weighted by Crippen LogP contribution is 2.25. The summed E-state index contributed by atoms with van der Waals surface area (Å²) in [5.41, 5.74) is 1.48. The zero-order chi connectivity index (χ0) is 18.4. The molecule has 1 fully saturated rings. The van der Waals surface area contributed by atoms with E-state index in [2.05, 4.69) is 5.16 Å². The van der Waals surface area contributed by atoms with Crippen molar-refractivity contribution in [3.8, 4) is 11.3 Å². The molecular weight excluding hydrogens is 332 g/mol. The van der Waals surface area contributed by atoms with E-state index in [0.29, 0.717) is 11.5 Å². The Morgan fingerprint density at radius 2 is 1.73 bits per heavy atom. The van der Waals surface area contributed by atoms with Gasteiger partial charge in [-0.25, -0.2) is 4.79 Å². The van der Waals surface area contributed by atoms with E-state index in [0.717, 1.165) is 44.3 Å². The normalized spacial score (nSPS) is 15.2. The standard InChI is InChI=1S/C20H24N2O4/c1-15-18(19(21-26-15)16-10-6-5-7-11-16)20(24)25-14-17(23)22-12-8-3-2-4-9-13-22/h5-7,10-11H,2-4,8-9,12-14H2,1H3. The van der Waals surface area contributed by atoms with Crippen molar-refractivity contribution < 1.29 is 18.8 Å². The Morgan fingerprint density at radius 1 is 1.08 bits per heavy atom. The molecule has 0 N–H and O–H groups in total. The van der Waals surface area contributed by atoms with Crippen molar-refractivity contribution in [2.24, 2.45) is 0 Å². The number of carbonyl (C=O) groups is 2. The summed E-state index contributed by atoms with van der Waals surface area (Å²) in [6, 6.07) is 9.30. The van der Waals surface area contributed by atoms with Gasteiger partial charge in [0.15, 0.2) is 6.61 Å². The molecule has 2 aromatic rings. The predicted molar refractivity (Wildman–Crippen MR) is 96.6 cm³/mol. The summed E-state index contributed by atoms with van der Waals surface area (Å²) in [7, 11) is 0. The Morgan fingerprint density at radius 3 is 2.42 bits per heavy atom. The monoisotopic (exact) mass is 356 g/mol. The van der Waals surface area contributed by atoms with Crippen LogP contribution in [0.2, 0.25) is 0 Å². The molecule has 0 bridgehead atoms. The molecule has 1 aromatic carbocycles. The van der Waals surface area contributed by atoms with Crippen LogP contribution in [-0.4, -0.2) is 41.6 Å². The highest BCUT2D eigenvalue weighted by atomic mass is 16.5. The maximum Gasteiger partial charge on any atom is 0.344 e. The van der Waals surface area contributed by atoms with Crippen molar-refractivity contribution in [1.82, 2.24) is 10.1 Å². The van der Waals surface area contributed by atoms with Crippen molar-refractivity contribution >= 4 is 11.9 Å². The minimum atomic E-state index is -0.581. The number of likely N-dealkylation sites (tertiary alicyclic amines) is 1. The maximum atomic E-state index is 12.5. The summed E-state index contributed by atoms with van der Waals surface area (Å²) >= 11 is 0. The van der Waals surface area contributed by atoms with E-state index in [1.165, 1.54) is 6.42 Å². The molecule has 0 aliphatic carbocycles. The fraction of sp³-hybridized carbons (Fsp3) is 0.450. The highest BCUT2D eigenvalue weighted by molar-refractivity contribution is 5.98. The van der Waals surface area contributed by atoms with Crippen LogP contribution in [0.3, 0.4) is 0 Å². The van der Waals surface area contributed by atoms with Crippen LogP contribution < -0.4 is 0 Å². The first-order valence-corrected chi connectivity index (χ1v) is 9.13. The second kappa shape index (κ2) is 8.65. The van der Waals surface area contributed by atoms with Crippen LogP contribution in [0.25, 0.3) is 11.3 Å². The van der Waals surface area contributed by atoms with Crippen molar-refractivity contribution in [1.29, 1.82) is 0 Å². The Labute approximate surface area is 153 Å². The largest absolute Gasteiger partial charge is 0.452 e. The molecule has 26 heavy (non-hydrogen) atoms. The number of ether oxygens (including phenoxy) is 1. The fourth-order valence-electron chi connectivity index (χ4n) is 3.19. The first-order chi connectivity index (χ1) is 12.7. The van der Waals surface area contributed by atoms with Gasteiger partial charge in [0.2, 0.25) is 0 Å². The molecule has 3 rings (SSSR count). The van der Waals surface area contributed by atoms with Gasteiger partial charge in [-0.05, 0) is 19.8 Å². The molecule has 1 amide bonds. The lowest BCUT2D eigenvalue weighted by Crippen LogP contribution is -2.37. The topological polar surface area (TPSA) is 72.6 Å². The molecule has 6 nitrogen and oxygen atoms in total. The summed E-state index contributed by atoms with van der Waals surface area (Å²) < 4.78 is 10.5. The first kappa shape index (κ1) is 18.2. The minimum Gasteiger partial charge on any atom is -0.452 e. The van der Waals surface area contributed by atoms with Gasteiger partial charge >= 0.3 is 5.97 Å². The third-order valence-electron chi connectivity index (χ3n) is 4.65. The van der Waals surface area contributed by atoms with Gasteiger partial charge in [0.05, 0.1) is 0 Å². The minimum absolute atomic E-state index is 0.143. The zero-order valence-electron chi connectivity index (χ0n) is 15.1. The van der Waals surface area contributed by atoms with Gasteiger partial charge in [-0.3, -0.25) is 4.79 Å². The summed E-state index contributed by atoms with van der Waals surface area (Å²) in [5, 5.41) is 3.98. The van der Waals surface area contributed by atoms with Crippen LogP contribution in [0.4, 0.5) is 0 Å². The molecule has 0 saturated carbocycles. The quantitative estimate of drug-likeness (QED) is 0.783. The lowest BCUT2D eigenvalue weighted by atomic mass is 10.1. The Hall–Kier alpha value is -2.63. The molecule has 0 atom stereocenters. The van der Waals surface area contributed by atoms with Crippen LogP contribution in [0.1, 0.15) is 48.2 Å². The average molecular weight is 356 g/mol. The first-order valence-electron chi connectivity index (χ1n) is 9.13. The van der Waals surface area contributed by atoms with Gasteiger partial charge < -0.3 is 14.2 Å². The van der Waals surface area contributed by atoms with Crippen LogP contribution in [0.5, 0.6) is 0 Å². The Kier molecular flexibility index (Phi) is 6.04. The molecule has 1 aliphatic rings. The van der Waals surface area contributed by atoms with Gasteiger partial charge in [0.25, 0.3) is 5.91 Å². The van der Waals surface area contributed by atoms with Gasteiger partial charge in [-0.1, -0.05) is 54.8 Å². The third-order valence-corrected chi connectivity index (χ3v) is 4.65. The fourth-order valence-corrected chi connectivity index (χ4v) is 3.19. The van der Waals surface area contributed by atoms with E-state index < -0.39 is 5.97 Å². The van der Waals surface area contributed by atoms with Crippen LogP contribution in [-0.2, 0) is 9.53 Å². The van der Waals surface area contributed by atoms with E-state index in [4.69, 9.17) is 9.26 Å². The second-order valence-corrected chi connectivity index (χ2v) is 6.55. The van der Waals surface area contributed by atoms with E-state index in [-0.39, 0.29) is 18.1 Å². The summed E-state index contributed by atoms with van der Waals surface area (Å²) in [5.74, 6) is -0.342. The van der Waals surface area contributed by atoms with Crippen LogP contribution in [0.15, 0.2) is 34.9 Å². The maximum absolute atomic E-state index is 12.5. The van der Waals surface area contributed by atoms with Crippen molar-refractivity contribution in [3.63, 3.8) is 0 Å². The van der Waals surface area contributed by atoms with E-state index in [1.807, 2.05) is 30.3 Å². The molecule has 1 saturated heterocycles. The lowest BCUT2D eigenvalue weighted by Gasteiger charge is -2.24. The smallest absolute Gasteiger partial charge is 0.344 e. The molecular formula is C20H24N2O4. The molecule has 1 aliphatic heterocycles. The van der Waals surface area contributed by atoms with Crippen molar-refractivity contribution in [3.05, 3.63) is 41.7 Å². The number of rotatable bonds is 4. The SMILES string of the molecule is Cc1onc(-c2ccccc2)c1C(=O)OCC(=O)N1CCCCCCC1. The number of amides is 1. The number of aryl methyl sites for hydroxylation is 1. The average Bonchev–Trinajstić information content (AvgIpc) is 3.01. The van der Waals surface area contributed by atoms with Gasteiger partial charge in [-0.2, -0.15) is 0 Å². The molecule has 0 unspecified atom stereocenters. The molecule has 1 aromatic heterocycles. The molecule has 2 heterocycles. The number of hydrogen-bond acceptors (Lipinski definition) is 5. The van der Waals surface area contributed by atoms with E-state index >= 15 is 0 Å². The molecule has 138 valence electrons. The number of aromatic nitrogens is 1. The van der Waals surface area contributed by atoms with Gasteiger partial charge in [0, 0.05) is 18.7 Å². The van der Waals surface area contributed by atoms with Gasteiger partial charge in [-0.15, -0.1) is 0 Å². The molecule has 0 spiro atoms. The summed E-state index contributed by atoms with van der Waals surface area (Å²) in [4.78, 5) is 26.7. The predicted octanol–water partition coefficient (Wildman–Crippen LogP) is 3.60. The van der Waals surface area contributed by atoms with Crippen LogP contribution >= 0.6 is 0 Å². The molecule has 0 radical (unpaired) electrons. The number of hydrogen-bond donors (Lipinski definition) is 0. The van der Waals surface area contributed by atoms with Gasteiger partial charge in [0.1, 0.15) is 17.0 Å². The molecule has 6 heteroatoms. The third kappa shape index (κ3) is 4.31. The van der Waals surface area contributed by atoms with E-state index in [1.54, 1.807) is 11.8 Å². The van der Waals surface area contributed by atoms with Crippen molar-refractivity contribution in [2.75, 3.05) is 19.7 Å². The van der Waals surface area contributed by atoms with Crippen LogP contribution in [0, 0.1) is 6.92 Å². The lowest BCUT2D eigenvalue weighted by molar-refractivity contribution is -0.134. The summed E-state index contributed by atoms with van der Waals surface area (Å²) in [6.45, 7) is 2.88. The number of carbonyl (C=O) groups excluding carboxylic acids is 2. The number of nitrogens with zero attached hydrogens (tertiary/aromatic N) is 2. The second-order valence-electron chi connectivity index (χ2n) is 6.55. The zero-order valence-corrected chi connectivity index (χ0v) is 15.1. The highest BCUT2D eigenvalue weighted by Gasteiger charge is 2.24. The number of esters is 1. The number of benzene rings is 1.